The Morgan fingerprint density at radius 3 is 1.41 bits per heavy atom. The number of hydrogen-bond acceptors (Lipinski definition) is 2. The molecule has 0 atom stereocenters. The Morgan fingerprint density at radius 1 is 0.514 bits per heavy atom. The molecule has 5 aromatic carbocycles. The summed E-state index contributed by atoms with van der Waals surface area (Å²) in [6.07, 6.45) is 0. The van der Waals surface area contributed by atoms with Gasteiger partial charge in [0, 0.05) is 23.0 Å². The molecule has 1 aliphatic rings. The molecule has 0 aromatic heterocycles. The van der Waals surface area contributed by atoms with Gasteiger partial charge in [-0.05, 0) is 89.0 Å². The highest BCUT2D eigenvalue weighted by Crippen LogP contribution is 2.42. The standard InChI is InChI=1S/C35H38S2/c1-21-24-15-29(35(5,6)7)16-25(21)18-37-20-27-12-26(19-36-17-24)30-10-8-22-13-28(34(2,3)4)14-23-9-11-31(27)33(30)32(22)23/h8-16H,17-20H2,1-7H3. The van der Waals surface area contributed by atoms with E-state index in [4.69, 9.17) is 0 Å². The molecule has 190 valence electrons. The number of benzene rings is 5. The summed E-state index contributed by atoms with van der Waals surface area (Å²) >= 11 is 4.15. The summed E-state index contributed by atoms with van der Waals surface area (Å²) in [4.78, 5) is 0. The highest BCUT2D eigenvalue weighted by molar-refractivity contribution is 7.98. The minimum absolute atomic E-state index is 0.142. The topological polar surface area (TPSA) is 0 Å². The SMILES string of the molecule is Cc1c2cc(C(C)(C)C)cc1CSCc1cc(c3ccc4cc(C(C)(C)C)cc5ccc1c3c45)CSC2. The minimum atomic E-state index is 0.142. The highest BCUT2D eigenvalue weighted by atomic mass is 32.2. The summed E-state index contributed by atoms with van der Waals surface area (Å²) < 4.78 is 0. The molecule has 0 spiro atoms. The maximum atomic E-state index is 2.52. The lowest BCUT2D eigenvalue weighted by atomic mass is 9.82. The van der Waals surface area contributed by atoms with Gasteiger partial charge in [0.2, 0.25) is 0 Å². The Bertz CT molecular complexity index is 1540. The second-order valence-corrected chi connectivity index (χ2v) is 15.0. The third-order valence-electron chi connectivity index (χ3n) is 8.27. The van der Waals surface area contributed by atoms with Crippen LogP contribution in [0.15, 0.2) is 54.6 Å². The van der Waals surface area contributed by atoms with Gasteiger partial charge in [-0.25, -0.2) is 0 Å². The van der Waals surface area contributed by atoms with E-state index in [0.717, 1.165) is 23.0 Å². The molecule has 1 heterocycles. The van der Waals surface area contributed by atoms with Crippen molar-refractivity contribution in [1.82, 2.24) is 0 Å². The van der Waals surface area contributed by atoms with Crippen LogP contribution in [0.4, 0.5) is 0 Å². The monoisotopic (exact) mass is 522 g/mol. The number of hydrogen-bond donors (Lipinski definition) is 0. The number of rotatable bonds is 0. The first-order chi connectivity index (χ1) is 17.5. The normalized spacial score (nSPS) is 15.3. The van der Waals surface area contributed by atoms with Crippen LogP contribution in [0.5, 0.6) is 0 Å². The smallest absolute Gasteiger partial charge is 0.0194 e. The van der Waals surface area contributed by atoms with Gasteiger partial charge >= 0.3 is 0 Å². The van der Waals surface area contributed by atoms with Gasteiger partial charge in [0.15, 0.2) is 0 Å². The van der Waals surface area contributed by atoms with Crippen LogP contribution in [0.1, 0.15) is 80.5 Å². The van der Waals surface area contributed by atoms with Crippen molar-refractivity contribution in [3.05, 3.63) is 93.5 Å². The molecule has 0 fully saturated rings. The van der Waals surface area contributed by atoms with Crippen LogP contribution in [-0.2, 0) is 33.8 Å². The van der Waals surface area contributed by atoms with E-state index in [0.29, 0.717) is 0 Å². The van der Waals surface area contributed by atoms with Crippen molar-refractivity contribution >= 4 is 55.8 Å². The fraction of sp³-hybridized carbons (Fsp3) is 0.371. The summed E-state index contributed by atoms with van der Waals surface area (Å²) in [6, 6.07) is 21.9. The fourth-order valence-electron chi connectivity index (χ4n) is 5.85. The van der Waals surface area contributed by atoms with Crippen LogP contribution in [0.2, 0.25) is 0 Å². The molecular weight excluding hydrogens is 485 g/mol. The summed E-state index contributed by atoms with van der Waals surface area (Å²) in [7, 11) is 0. The Morgan fingerprint density at radius 2 is 0.946 bits per heavy atom. The highest BCUT2D eigenvalue weighted by Gasteiger charge is 2.21. The molecule has 0 aliphatic carbocycles. The molecule has 0 unspecified atom stereocenters. The zero-order valence-corrected chi connectivity index (χ0v) is 25.0. The van der Waals surface area contributed by atoms with Crippen LogP contribution in [0, 0.1) is 6.92 Å². The van der Waals surface area contributed by atoms with Crippen molar-refractivity contribution in [3.63, 3.8) is 0 Å². The van der Waals surface area contributed by atoms with Gasteiger partial charge in [-0.2, -0.15) is 23.5 Å². The predicted octanol–water partition coefficient (Wildman–Crippen LogP) is 10.7. The van der Waals surface area contributed by atoms with E-state index in [1.807, 2.05) is 0 Å². The van der Waals surface area contributed by atoms with E-state index in [-0.39, 0.29) is 10.8 Å². The third kappa shape index (κ3) is 4.45. The first kappa shape index (κ1) is 25.1. The van der Waals surface area contributed by atoms with Crippen LogP contribution < -0.4 is 0 Å². The average molecular weight is 523 g/mol. The summed E-state index contributed by atoms with van der Waals surface area (Å²) in [5.74, 6) is 4.24. The van der Waals surface area contributed by atoms with E-state index in [1.54, 1.807) is 0 Å². The lowest BCUT2D eigenvalue weighted by molar-refractivity contribution is 0.588. The zero-order chi connectivity index (χ0) is 26.1. The molecule has 1 aliphatic heterocycles. The quantitative estimate of drug-likeness (QED) is 0.185. The molecule has 2 heteroatoms. The lowest BCUT2D eigenvalue weighted by Crippen LogP contribution is -2.13. The lowest BCUT2D eigenvalue weighted by Gasteiger charge is -2.24. The van der Waals surface area contributed by atoms with E-state index >= 15 is 0 Å². The van der Waals surface area contributed by atoms with Crippen LogP contribution in [-0.4, -0.2) is 0 Å². The van der Waals surface area contributed by atoms with Gasteiger partial charge in [0.1, 0.15) is 0 Å². The van der Waals surface area contributed by atoms with Crippen molar-refractivity contribution in [2.45, 2.75) is 82.3 Å². The first-order valence-electron chi connectivity index (χ1n) is 13.5. The van der Waals surface area contributed by atoms with Crippen LogP contribution in [0.25, 0.3) is 32.3 Å². The predicted molar refractivity (Wildman–Crippen MR) is 169 cm³/mol. The van der Waals surface area contributed by atoms with Crippen molar-refractivity contribution in [3.8, 4) is 0 Å². The number of thioether (sulfide) groups is 2. The first-order valence-corrected chi connectivity index (χ1v) is 15.8. The van der Waals surface area contributed by atoms with Crippen molar-refractivity contribution < 1.29 is 0 Å². The summed E-state index contributed by atoms with van der Waals surface area (Å²) in [6.45, 7) is 16.3. The maximum Gasteiger partial charge on any atom is 0.0194 e. The molecule has 4 bridgehead atoms. The Labute approximate surface area is 230 Å². The average Bonchev–Trinajstić information content (AvgIpc) is 2.83. The Balaban J connectivity index is 1.51. The van der Waals surface area contributed by atoms with E-state index in [9.17, 15) is 0 Å². The van der Waals surface area contributed by atoms with Gasteiger partial charge in [0.25, 0.3) is 0 Å². The molecule has 0 saturated carbocycles. The van der Waals surface area contributed by atoms with Crippen LogP contribution >= 0.6 is 23.5 Å². The second-order valence-electron chi connectivity index (χ2n) is 13.0. The maximum absolute atomic E-state index is 2.52. The minimum Gasteiger partial charge on any atom is -0.152 e. The van der Waals surface area contributed by atoms with Crippen molar-refractivity contribution in [2.24, 2.45) is 0 Å². The van der Waals surface area contributed by atoms with Gasteiger partial charge in [-0.15, -0.1) is 0 Å². The van der Waals surface area contributed by atoms with E-state index < -0.39 is 0 Å². The molecule has 0 saturated heterocycles. The van der Waals surface area contributed by atoms with E-state index in [2.05, 4.69) is 127 Å². The summed E-state index contributed by atoms with van der Waals surface area (Å²) in [5, 5.41) is 8.57. The molecule has 0 N–H and O–H groups in total. The number of fused-ring (bicyclic) bond motifs is 6. The second kappa shape index (κ2) is 8.95. The Hall–Kier alpha value is -2.16. The molecule has 37 heavy (non-hydrogen) atoms. The largest absolute Gasteiger partial charge is 0.152 e. The van der Waals surface area contributed by atoms with E-state index in [1.165, 1.54) is 71.3 Å². The van der Waals surface area contributed by atoms with Gasteiger partial charge in [0.05, 0.1) is 0 Å². The molecule has 5 aromatic rings. The van der Waals surface area contributed by atoms with Gasteiger partial charge in [-0.3, -0.25) is 0 Å². The van der Waals surface area contributed by atoms with Gasteiger partial charge < -0.3 is 0 Å². The zero-order valence-electron chi connectivity index (χ0n) is 23.3. The molecule has 0 radical (unpaired) electrons. The molecule has 0 amide bonds. The molecule has 0 nitrogen and oxygen atoms in total. The fourth-order valence-corrected chi connectivity index (χ4v) is 8.02. The molecular formula is C35H38S2. The summed E-state index contributed by atoms with van der Waals surface area (Å²) in [5.41, 5.74) is 10.7. The Kier molecular flexibility index (Phi) is 6.08. The van der Waals surface area contributed by atoms with Gasteiger partial charge in [-0.1, -0.05) is 96.1 Å². The van der Waals surface area contributed by atoms with Crippen molar-refractivity contribution in [2.75, 3.05) is 0 Å². The van der Waals surface area contributed by atoms with Crippen LogP contribution in [0.3, 0.4) is 0 Å². The van der Waals surface area contributed by atoms with Crippen molar-refractivity contribution in [1.29, 1.82) is 0 Å². The molecule has 6 rings (SSSR count). The third-order valence-corrected chi connectivity index (χ3v) is 10.3.